The van der Waals surface area contributed by atoms with E-state index in [1.807, 2.05) is 6.92 Å². The molecule has 2 atom stereocenters. The van der Waals surface area contributed by atoms with E-state index >= 15 is 0 Å². The van der Waals surface area contributed by atoms with Crippen LogP contribution in [0.4, 0.5) is 0 Å². The van der Waals surface area contributed by atoms with Gasteiger partial charge in [-0.1, -0.05) is 0 Å². The van der Waals surface area contributed by atoms with Crippen LogP contribution in [-0.2, 0) is 14.6 Å². The summed E-state index contributed by atoms with van der Waals surface area (Å²) in [7, 11) is -2.97. The molecule has 0 radical (unpaired) electrons. The maximum Gasteiger partial charge on any atom is 0.224 e. The van der Waals surface area contributed by atoms with E-state index in [1.165, 1.54) is 0 Å². The van der Waals surface area contributed by atoms with Gasteiger partial charge in [0.1, 0.15) is 0 Å². The third-order valence-corrected chi connectivity index (χ3v) is 5.18. The Morgan fingerprint density at radius 3 is 2.60 bits per heavy atom. The van der Waals surface area contributed by atoms with Crippen LogP contribution in [0.5, 0.6) is 0 Å². The van der Waals surface area contributed by atoms with E-state index in [4.69, 9.17) is 5.73 Å². The highest BCUT2D eigenvalue weighted by Crippen LogP contribution is 2.32. The Balaban J connectivity index is 2.21. The molecule has 5 nitrogen and oxygen atoms in total. The zero-order valence-electron chi connectivity index (χ0n) is 8.77. The van der Waals surface area contributed by atoms with Crippen molar-refractivity contribution < 1.29 is 13.2 Å². The van der Waals surface area contributed by atoms with E-state index in [2.05, 4.69) is 0 Å². The van der Waals surface area contributed by atoms with Crippen molar-refractivity contribution in [3.05, 3.63) is 0 Å². The van der Waals surface area contributed by atoms with Crippen LogP contribution in [0.25, 0.3) is 0 Å². The molecule has 2 unspecified atom stereocenters. The first-order chi connectivity index (χ1) is 6.82. The molecule has 2 aliphatic rings. The van der Waals surface area contributed by atoms with Crippen molar-refractivity contribution >= 4 is 15.7 Å². The molecule has 0 aromatic heterocycles. The molecule has 2 heterocycles. The minimum absolute atomic E-state index is 0.0119. The molecule has 2 N–H and O–H groups in total. The van der Waals surface area contributed by atoms with E-state index < -0.39 is 15.4 Å². The fraction of sp³-hybridized carbons (Fsp3) is 0.889. The Hall–Kier alpha value is -0.620. The fourth-order valence-corrected chi connectivity index (χ4v) is 4.61. The standard InChI is InChI=1S/C9H16N2O3S/c1-9(2-3-15(13,14)6-9)11-5-7(10)4-8(11)12/h7H,2-6,10H2,1H3. The van der Waals surface area contributed by atoms with Crippen LogP contribution in [-0.4, -0.2) is 48.9 Å². The zero-order valence-corrected chi connectivity index (χ0v) is 9.59. The Morgan fingerprint density at radius 2 is 2.20 bits per heavy atom. The lowest BCUT2D eigenvalue weighted by Gasteiger charge is -2.34. The fourth-order valence-electron chi connectivity index (χ4n) is 2.46. The predicted molar refractivity (Wildman–Crippen MR) is 56.0 cm³/mol. The lowest BCUT2D eigenvalue weighted by atomic mass is 10.00. The first kappa shape index (κ1) is 10.9. The SMILES string of the molecule is CC1(N2CC(N)CC2=O)CCS(=O)(=O)C1. The highest BCUT2D eigenvalue weighted by atomic mass is 32.2. The topological polar surface area (TPSA) is 80.5 Å². The van der Waals surface area contributed by atoms with Gasteiger partial charge >= 0.3 is 0 Å². The van der Waals surface area contributed by atoms with Crippen molar-refractivity contribution in [2.45, 2.75) is 31.3 Å². The van der Waals surface area contributed by atoms with Gasteiger partial charge in [-0.25, -0.2) is 8.42 Å². The summed E-state index contributed by atoms with van der Waals surface area (Å²) in [5, 5.41) is 0. The minimum Gasteiger partial charge on any atom is -0.335 e. The van der Waals surface area contributed by atoms with Gasteiger partial charge in [-0.3, -0.25) is 4.79 Å². The van der Waals surface area contributed by atoms with Gasteiger partial charge in [0.05, 0.1) is 17.0 Å². The van der Waals surface area contributed by atoms with Gasteiger partial charge in [0.25, 0.3) is 0 Å². The van der Waals surface area contributed by atoms with E-state index in [0.29, 0.717) is 19.4 Å². The Labute approximate surface area is 89.5 Å². The van der Waals surface area contributed by atoms with Gasteiger partial charge in [0.15, 0.2) is 9.84 Å². The first-order valence-electron chi connectivity index (χ1n) is 5.09. The maximum atomic E-state index is 11.6. The third-order valence-electron chi connectivity index (χ3n) is 3.29. The molecule has 2 rings (SSSR count). The maximum absolute atomic E-state index is 11.6. The van der Waals surface area contributed by atoms with Gasteiger partial charge in [-0.2, -0.15) is 0 Å². The Bertz CT molecular complexity index is 392. The largest absolute Gasteiger partial charge is 0.335 e. The van der Waals surface area contributed by atoms with E-state index in [9.17, 15) is 13.2 Å². The summed E-state index contributed by atoms with van der Waals surface area (Å²) < 4.78 is 22.8. The molecule has 0 spiro atoms. The molecule has 0 aromatic rings. The van der Waals surface area contributed by atoms with E-state index in [0.717, 1.165) is 0 Å². The molecule has 1 amide bonds. The zero-order chi connectivity index (χ0) is 11.3. The molecule has 0 aliphatic carbocycles. The van der Waals surface area contributed by atoms with Gasteiger partial charge in [-0.15, -0.1) is 0 Å². The van der Waals surface area contributed by atoms with Crippen LogP contribution < -0.4 is 5.73 Å². The average molecular weight is 232 g/mol. The van der Waals surface area contributed by atoms with Crippen LogP contribution >= 0.6 is 0 Å². The summed E-state index contributed by atoms with van der Waals surface area (Å²) in [6, 6.07) is -0.141. The second-order valence-electron chi connectivity index (χ2n) is 4.81. The lowest BCUT2D eigenvalue weighted by molar-refractivity contribution is -0.131. The summed E-state index contributed by atoms with van der Waals surface area (Å²) in [6.45, 7) is 2.33. The molecule has 6 heteroatoms. The van der Waals surface area contributed by atoms with Gasteiger partial charge in [0.2, 0.25) is 5.91 Å². The molecule has 15 heavy (non-hydrogen) atoms. The summed E-state index contributed by atoms with van der Waals surface area (Å²) in [5.74, 6) is 0.253. The van der Waals surface area contributed by atoms with Crippen LogP contribution in [0.15, 0.2) is 0 Å². The molecule has 0 aromatic carbocycles. The number of hydrogen-bond donors (Lipinski definition) is 1. The monoisotopic (exact) mass is 232 g/mol. The van der Waals surface area contributed by atoms with Gasteiger partial charge < -0.3 is 10.6 Å². The second kappa shape index (κ2) is 3.18. The van der Waals surface area contributed by atoms with Crippen LogP contribution in [0, 0.1) is 0 Å². The number of carbonyl (C=O) groups is 1. The van der Waals surface area contributed by atoms with Crippen LogP contribution in [0.3, 0.4) is 0 Å². The number of nitrogens with zero attached hydrogens (tertiary/aromatic N) is 1. The van der Waals surface area contributed by atoms with Crippen LogP contribution in [0.1, 0.15) is 19.8 Å². The summed E-state index contributed by atoms with van der Waals surface area (Å²) in [5.41, 5.74) is 5.17. The Kier molecular flexibility index (Phi) is 2.31. The third kappa shape index (κ3) is 1.88. The van der Waals surface area contributed by atoms with Crippen molar-refractivity contribution in [1.29, 1.82) is 0 Å². The number of likely N-dealkylation sites (tertiary alicyclic amines) is 1. The highest BCUT2D eigenvalue weighted by Gasteiger charge is 2.47. The van der Waals surface area contributed by atoms with Crippen molar-refractivity contribution in [2.24, 2.45) is 5.73 Å². The van der Waals surface area contributed by atoms with Gasteiger partial charge in [-0.05, 0) is 13.3 Å². The molecule has 2 aliphatic heterocycles. The number of nitrogens with two attached hydrogens (primary N) is 1. The molecule has 2 fully saturated rings. The second-order valence-corrected chi connectivity index (χ2v) is 6.99. The van der Waals surface area contributed by atoms with Crippen molar-refractivity contribution in [3.8, 4) is 0 Å². The molecular formula is C9H16N2O3S. The molecule has 0 bridgehead atoms. The van der Waals surface area contributed by atoms with Crippen LogP contribution in [0.2, 0.25) is 0 Å². The smallest absolute Gasteiger partial charge is 0.224 e. The minimum atomic E-state index is -2.97. The normalized spacial score (nSPS) is 40.0. The summed E-state index contributed by atoms with van der Waals surface area (Å²) >= 11 is 0. The predicted octanol–water partition coefficient (Wildman–Crippen LogP) is -0.877. The number of rotatable bonds is 1. The Morgan fingerprint density at radius 1 is 1.53 bits per heavy atom. The molecule has 0 saturated carbocycles. The summed E-state index contributed by atoms with van der Waals surface area (Å²) in [6.07, 6.45) is 0.878. The molecule has 86 valence electrons. The highest BCUT2D eigenvalue weighted by molar-refractivity contribution is 7.91. The first-order valence-corrected chi connectivity index (χ1v) is 6.91. The van der Waals surface area contributed by atoms with Crippen molar-refractivity contribution in [3.63, 3.8) is 0 Å². The number of sulfone groups is 1. The van der Waals surface area contributed by atoms with E-state index in [-0.39, 0.29) is 23.5 Å². The quantitative estimate of drug-likeness (QED) is 0.637. The van der Waals surface area contributed by atoms with Gasteiger partial charge in [0, 0.05) is 19.0 Å². The number of amides is 1. The number of hydrogen-bond acceptors (Lipinski definition) is 4. The summed E-state index contributed by atoms with van der Waals surface area (Å²) in [4.78, 5) is 13.3. The average Bonchev–Trinajstić information content (AvgIpc) is 2.54. The van der Waals surface area contributed by atoms with Crippen molar-refractivity contribution in [2.75, 3.05) is 18.1 Å². The lowest BCUT2D eigenvalue weighted by Crippen LogP contribution is -2.48. The van der Waals surface area contributed by atoms with Crippen molar-refractivity contribution in [1.82, 2.24) is 4.90 Å². The van der Waals surface area contributed by atoms with E-state index in [1.54, 1.807) is 4.90 Å². The molecular weight excluding hydrogens is 216 g/mol. The number of carbonyl (C=O) groups excluding carboxylic acids is 1. The molecule has 2 saturated heterocycles.